The average molecular weight is 407 g/mol. The highest BCUT2D eigenvalue weighted by Crippen LogP contribution is 2.40. The van der Waals surface area contributed by atoms with Crippen LogP contribution >= 0.6 is 11.3 Å². The number of rotatable bonds is 5. The molecule has 0 saturated carbocycles. The molecule has 0 aliphatic carbocycles. The van der Waals surface area contributed by atoms with Gasteiger partial charge in [0.05, 0.1) is 37.7 Å². The molecule has 2 heterocycles. The SMILES string of the molecule is COc1ccc(OC)c(N2CC(O)=C(c3nc(-c4ccccc4)c(C)s3)C2=N)c1. The van der Waals surface area contributed by atoms with Crippen molar-refractivity contribution in [2.45, 2.75) is 6.92 Å². The number of hydrogen-bond donors (Lipinski definition) is 2. The zero-order chi connectivity index (χ0) is 20.5. The Bertz CT molecular complexity index is 1110. The molecule has 7 heteroatoms. The molecule has 1 aliphatic rings. The van der Waals surface area contributed by atoms with E-state index in [1.165, 1.54) is 11.3 Å². The van der Waals surface area contributed by atoms with Crippen molar-refractivity contribution in [3.8, 4) is 22.8 Å². The Morgan fingerprint density at radius 1 is 1.10 bits per heavy atom. The predicted octanol–water partition coefficient (Wildman–Crippen LogP) is 4.90. The van der Waals surface area contributed by atoms with E-state index in [-0.39, 0.29) is 18.1 Å². The Labute approximate surface area is 173 Å². The number of thiazole rings is 1. The molecule has 0 amide bonds. The van der Waals surface area contributed by atoms with Crippen molar-refractivity contribution < 1.29 is 14.6 Å². The standard InChI is InChI=1S/C22H21N3O3S/c1-13-20(14-7-5-4-6-8-14)24-22(29-13)19-17(26)12-25(21(19)23)16-11-15(27-2)9-10-18(16)28-3/h4-11,23,26H,12H2,1-3H3. The summed E-state index contributed by atoms with van der Waals surface area (Å²) in [7, 11) is 3.17. The van der Waals surface area contributed by atoms with E-state index >= 15 is 0 Å². The Balaban J connectivity index is 1.71. The Kier molecular flexibility index (Phi) is 4.98. The second-order valence-corrected chi connectivity index (χ2v) is 7.79. The van der Waals surface area contributed by atoms with Crippen molar-refractivity contribution in [2.24, 2.45) is 0 Å². The van der Waals surface area contributed by atoms with E-state index in [0.717, 1.165) is 16.1 Å². The highest BCUT2D eigenvalue weighted by Gasteiger charge is 2.33. The molecule has 0 unspecified atom stereocenters. The molecular weight excluding hydrogens is 386 g/mol. The molecule has 0 radical (unpaired) electrons. The second-order valence-electron chi connectivity index (χ2n) is 6.58. The first kappa shape index (κ1) is 19.0. The topological polar surface area (TPSA) is 78.7 Å². The lowest BCUT2D eigenvalue weighted by atomic mass is 10.1. The third-order valence-corrected chi connectivity index (χ3v) is 5.83. The van der Waals surface area contributed by atoms with Crippen molar-refractivity contribution in [3.63, 3.8) is 0 Å². The number of methoxy groups -OCH3 is 2. The molecule has 2 N–H and O–H groups in total. The molecule has 0 bridgehead atoms. The molecular formula is C22H21N3O3S. The van der Waals surface area contributed by atoms with E-state index in [2.05, 4.69) is 0 Å². The first-order chi connectivity index (χ1) is 14.0. The summed E-state index contributed by atoms with van der Waals surface area (Å²) in [5.41, 5.74) is 3.00. The van der Waals surface area contributed by atoms with E-state index in [0.29, 0.717) is 27.8 Å². The van der Waals surface area contributed by atoms with E-state index in [9.17, 15) is 5.11 Å². The van der Waals surface area contributed by atoms with Crippen LogP contribution in [0.5, 0.6) is 11.5 Å². The fraction of sp³-hybridized carbons (Fsp3) is 0.182. The number of aryl methyl sites for hydroxylation is 1. The van der Waals surface area contributed by atoms with Crippen LogP contribution < -0.4 is 14.4 Å². The highest BCUT2D eigenvalue weighted by molar-refractivity contribution is 7.13. The molecule has 1 aromatic heterocycles. The summed E-state index contributed by atoms with van der Waals surface area (Å²) in [5.74, 6) is 1.55. The minimum Gasteiger partial charge on any atom is -0.510 e. The average Bonchev–Trinajstić information content (AvgIpc) is 3.26. The maximum absolute atomic E-state index is 10.7. The molecule has 148 valence electrons. The van der Waals surface area contributed by atoms with Crippen molar-refractivity contribution in [3.05, 3.63) is 64.2 Å². The molecule has 6 nitrogen and oxygen atoms in total. The lowest BCUT2D eigenvalue weighted by Crippen LogP contribution is -2.26. The first-order valence-corrected chi connectivity index (χ1v) is 9.89. The van der Waals surface area contributed by atoms with Crippen molar-refractivity contribution in [1.82, 2.24) is 4.98 Å². The molecule has 1 aliphatic heterocycles. The summed E-state index contributed by atoms with van der Waals surface area (Å²) in [4.78, 5) is 7.48. The van der Waals surface area contributed by atoms with E-state index in [1.807, 2.05) is 37.3 Å². The van der Waals surface area contributed by atoms with Crippen molar-refractivity contribution >= 4 is 28.4 Å². The summed E-state index contributed by atoms with van der Waals surface area (Å²) < 4.78 is 10.8. The van der Waals surface area contributed by atoms with Gasteiger partial charge in [-0.3, -0.25) is 5.41 Å². The van der Waals surface area contributed by atoms with Crippen LogP contribution in [0.2, 0.25) is 0 Å². The number of hydrogen-bond acceptors (Lipinski definition) is 6. The molecule has 0 fully saturated rings. The summed E-state index contributed by atoms with van der Waals surface area (Å²) >= 11 is 1.48. The third kappa shape index (κ3) is 3.34. The number of ether oxygens (including phenoxy) is 2. The number of aliphatic hydroxyl groups excluding tert-OH is 1. The van der Waals surface area contributed by atoms with Gasteiger partial charge in [-0.05, 0) is 19.1 Å². The summed E-state index contributed by atoms with van der Waals surface area (Å²) in [5, 5.41) is 20.1. The number of aliphatic hydroxyl groups is 1. The zero-order valence-electron chi connectivity index (χ0n) is 16.4. The first-order valence-electron chi connectivity index (χ1n) is 9.07. The Hall–Kier alpha value is -3.32. The Morgan fingerprint density at radius 2 is 1.86 bits per heavy atom. The third-order valence-electron chi connectivity index (χ3n) is 4.84. The van der Waals surface area contributed by atoms with Crippen molar-refractivity contribution in [2.75, 3.05) is 25.7 Å². The number of benzene rings is 2. The maximum atomic E-state index is 10.7. The van der Waals surface area contributed by atoms with Crippen LogP contribution in [-0.4, -0.2) is 36.7 Å². The molecule has 2 aromatic carbocycles. The van der Waals surface area contributed by atoms with Gasteiger partial charge < -0.3 is 19.5 Å². The summed E-state index contributed by atoms with van der Waals surface area (Å²) in [6, 6.07) is 15.3. The van der Waals surface area contributed by atoms with Gasteiger partial charge in [-0.15, -0.1) is 11.3 Å². The van der Waals surface area contributed by atoms with Crippen LogP contribution in [0.1, 0.15) is 9.88 Å². The number of amidine groups is 1. The minimum atomic E-state index is 0.119. The lowest BCUT2D eigenvalue weighted by molar-refractivity contribution is 0.400. The monoisotopic (exact) mass is 407 g/mol. The molecule has 0 atom stereocenters. The smallest absolute Gasteiger partial charge is 0.142 e. The second kappa shape index (κ2) is 7.60. The molecule has 0 saturated heterocycles. The van der Waals surface area contributed by atoms with Gasteiger partial charge in [0.2, 0.25) is 0 Å². The lowest BCUT2D eigenvalue weighted by Gasteiger charge is -2.21. The zero-order valence-corrected chi connectivity index (χ0v) is 17.2. The van der Waals surface area contributed by atoms with Gasteiger partial charge >= 0.3 is 0 Å². The number of nitrogens with zero attached hydrogens (tertiary/aromatic N) is 2. The quantitative estimate of drug-likeness (QED) is 0.629. The summed E-state index contributed by atoms with van der Waals surface area (Å²) in [6.45, 7) is 2.18. The predicted molar refractivity (Wildman–Crippen MR) is 116 cm³/mol. The van der Waals surface area contributed by atoms with E-state index in [4.69, 9.17) is 19.9 Å². The van der Waals surface area contributed by atoms with Gasteiger partial charge in [0, 0.05) is 16.5 Å². The van der Waals surface area contributed by atoms with Crippen LogP contribution in [0.25, 0.3) is 16.8 Å². The molecule has 0 spiro atoms. The number of aromatic nitrogens is 1. The van der Waals surface area contributed by atoms with Gasteiger partial charge in [-0.1, -0.05) is 30.3 Å². The fourth-order valence-corrected chi connectivity index (χ4v) is 4.39. The Morgan fingerprint density at radius 3 is 2.55 bits per heavy atom. The largest absolute Gasteiger partial charge is 0.510 e. The van der Waals surface area contributed by atoms with Gasteiger partial charge in [0.15, 0.2) is 0 Å². The van der Waals surface area contributed by atoms with Gasteiger partial charge in [0.1, 0.15) is 28.1 Å². The molecule has 4 rings (SSSR count). The van der Waals surface area contributed by atoms with Crippen molar-refractivity contribution in [1.29, 1.82) is 5.41 Å². The maximum Gasteiger partial charge on any atom is 0.142 e. The number of nitrogens with one attached hydrogen (secondary N) is 1. The van der Waals surface area contributed by atoms with Crippen LogP contribution in [0.15, 0.2) is 54.3 Å². The fourth-order valence-electron chi connectivity index (χ4n) is 3.38. The van der Waals surface area contributed by atoms with E-state index < -0.39 is 0 Å². The minimum absolute atomic E-state index is 0.119. The normalized spacial score (nSPS) is 13.9. The van der Waals surface area contributed by atoms with Gasteiger partial charge in [-0.25, -0.2) is 4.98 Å². The van der Waals surface area contributed by atoms with E-state index in [1.54, 1.807) is 37.3 Å². The molecule has 29 heavy (non-hydrogen) atoms. The summed E-state index contributed by atoms with van der Waals surface area (Å²) in [6.07, 6.45) is 0. The highest BCUT2D eigenvalue weighted by atomic mass is 32.1. The van der Waals surface area contributed by atoms with Crippen LogP contribution in [0, 0.1) is 12.3 Å². The van der Waals surface area contributed by atoms with Gasteiger partial charge in [0.25, 0.3) is 0 Å². The molecule has 3 aromatic rings. The van der Waals surface area contributed by atoms with Crippen LogP contribution in [-0.2, 0) is 0 Å². The van der Waals surface area contributed by atoms with Crippen LogP contribution in [0.4, 0.5) is 5.69 Å². The van der Waals surface area contributed by atoms with Gasteiger partial charge in [-0.2, -0.15) is 0 Å². The number of anilines is 1. The van der Waals surface area contributed by atoms with Crippen LogP contribution in [0.3, 0.4) is 0 Å².